The minimum Gasteiger partial charge on any atom is -0.340 e. The highest BCUT2D eigenvalue weighted by Crippen LogP contribution is 2.21. The van der Waals surface area contributed by atoms with E-state index in [0.29, 0.717) is 25.9 Å². The van der Waals surface area contributed by atoms with E-state index in [1.54, 1.807) is 4.90 Å². The van der Waals surface area contributed by atoms with Crippen molar-refractivity contribution in [2.45, 2.75) is 32.2 Å². The first kappa shape index (κ1) is 18.0. The number of carbonyl (C=O) groups excluding carboxylic acids is 1. The number of likely N-dealkylation sites (tertiary alicyclic amines) is 1. The molecule has 1 heterocycles. The smallest absolute Gasteiger partial charge is 0.227 e. The molecule has 0 bridgehead atoms. The summed E-state index contributed by atoms with van der Waals surface area (Å²) in [4.78, 5) is 16.8. The maximum Gasteiger partial charge on any atom is 0.227 e. The van der Waals surface area contributed by atoms with Crippen LogP contribution in [0.4, 0.5) is 0 Å². The fourth-order valence-electron chi connectivity index (χ4n) is 3.20. The zero-order valence-electron chi connectivity index (χ0n) is 14.0. The Balaban J connectivity index is 1.94. The maximum atomic E-state index is 12.8. The molecule has 126 valence electrons. The van der Waals surface area contributed by atoms with E-state index in [1.807, 2.05) is 18.2 Å². The van der Waals surface area contributed by atoms with Gasteiger partial charge in [-0.3, -0.25) is 9.69 Å². The third kappa shape index (κ3) is 5.37. The van der Waals surface area contributed by atoms with E-state index in [1.165, 1.54) is 5.56 Å². The van der Waals surface area contributed by atoms with Crippen molar-refractivity contribution in [3.05, 3.63) is 35.9 Å². The van der Waals surface area contributed by atoms with Crippen LogP contribution in [0.2, 0.25) is 0 Å². The molecular formula is C19H24N4O. The molecule has 0 N–H and O–H groups in total. The van der Waals surface area contributed by atoms with Gasteiger partial charge in [-0.25, -0.2) is 0 Å². The van der Waals surface area contributed by atoms with Crippen molar-refractivity contribution in [2.75, 3.05) is 26.2 Å². The first-order valence-corrected chi connectivity index (χ1v) is 8.53. The first-order valence-electron chi connectivity index (χ1n) is 8.53. The van der Waals surface area contributed by atoms with Gasteiger partial charge in [0.15, 0.2) is 0 Å². The van der Waals surface area contributed by atoms with E-state index in [-0.39, 0.29) is 11.8 Å². The second-order valence-electron chi connectivity index (χ2n) is 6.20. The normalized spacial score (nSPS) is 17.7. The van der Waals surface area contributed by atoms with E-state index in [0.717, 1.165) is 32.5 Å². The molecule has 1 atom stereocenters. The standard InChI is InChI=1S/C19H24N4O/c20-10-5-13-23(14-6-11-21)19(24)18-9-4-12-22(16-18)15-17-7-2-1-3-8-17/h1-3,7-8,18H,4-6,9,12-16H2/t18-/m0/s1. The number of nitrogens with zero attached hydrogens (tertiary/aromatic N) is 4. The van der Waals surface area contributed by atoms with Crippen molar-refractivity contribution in [1.29, 1.82) is 10.5 Å². The third-order valence-corrected chi connectivity index (χ3v) is 4.40. The summed E-state index contributed by atoms with van der Waals surface area (Å²) in [5.74, 6) is 0.0677. The van der Waals surface area contributed by atoms with E-state index >= 15 is 0 Å². The summed E-state index contributed by atoms with van der Waals surface area (Å²) in [7, 11) is 0. The predicted molar refractivity (Wildman–Crippen MR) is 91.5 cm³/mol. The lowest BCUT2D eigenvalue weighted by molar-refractivity contribution is -0.137. The van der Waals surface area contributed by atoms with Crippen LogP contribution >= 0.6 is 0 Å². The zero-order valence-corrected chi connectivity index (χ0v) is 14.0. The lowest BCUT2D eigenvalue weighted by Gasteiger charge is -2.34. The highest BCUT2D eigenvalue weighted by atomic mass is 16.2. The van der Waals surface area contributed by atoms with Gasteiger partial charge in [-0.1, -0.05) is 30.3 Å². The molecule has 0 spiro atoms. The van der Waals surface area contributed by atoms with Gasteiger partial charge in [-0.2, -0.15) is 10.5 Å². The number of carbonyl (C=O) groups is 1. The number of rotatable bonds is 7. The predicted octanol–water partition coefficient (Wildman–Crippen LogP) is 2.55. The Morgan fingerprint density at radius 2 is 1.83 bits per heavy atom. The highest BCUT2D eigenvalue weighted by Gasteiger charge is 2.29. The van der Waals surface area contributed by atoms with Crippen LogP contribution in [0.15, 0.2) is 30.3 Å². The Kier molecular flexibility index (Phi) is 7.26. The summed E-state index contributed by atoms with van der Waals surface area (Å²) in [6.45, 7) is 3.47. The second kappa shape index (κ2) is 9.70. The van der Waals surface area contributed by atoms with Gasteiger partial charge in [0.1, 0.15) is 0 Å². The van der Waals surface area contributed by atoms with Crippen molar-refractivity contribution in [3.8, 4) is 12.1 Å². The highest BCUT2D eigenvalue weighted by molar-refractivity contribution is 5.79. The van der Waals surface area contributed by atoms with Crippen LogP contribution in [0.25, 0.3) is 0 Å². The van der Waals surface area contributed by atoms with E-state index in [9.17, 15) is 4.79 Å². The van der Waals surface area contributed by atoms with Gasteiger partial charge >= 0.3 is 0 Å². The second-order valence-corrected chi connectivity index (χ2v) is 6.20. The number of benzene rings is 1. The van der Waals surface area contributed by atoms with Crippen LogP contribution in [0, 0.1) is 28.6 Å². The molecule has 0 unspecified atom stereocenters. The van der Waals surface area contributed by atoms with Gasteiger partial charge < -0.3 is 4.90 Å². The maximum absolute atomic E-state index is 12.8. The molecule has 0 aliphatic carbocycles. The van der Waals surface area contributed by atoms with Gasteiger partial charge in [0.05, 0.1) is 30.9 Å². The lowest BCUT2D eigenvalue weighted by Crippen LogP contribution is -2.45. The summed E-state index contributed by atoms with van der Waals surface area (Å²) in [6, 6.07) is 14.5. The summed E-state index contributed by atoms with van der Waals surface area (Å²) < 4.78 is 0. The van der Waals surface area contributed by atoms with Crippen molar-refractivity contribution >= 4 is 5.91 Å². The summed E-state index contributed by atoms with van der Waals surface area (Å²) in [5.41, 5.74) is 1.26. The van der Waals surface area contributed by atoms with Gasteiger partial charge in [-0.05, 0) is 24.9 Å². The molecule has 2 rings (SSSR count). The Hall–Kier alpha value is -2.37. The molecule has 24 heavy (non-hydrogen) atoms. The Morgan fingerprint density at radius 3 is 2.46 bits per heavy atom. The molecule has 0 saturated carbocycles. The van der Waals surface area contributed by atoms with Gasteiger partial charge in [0, 0.05) is 26.2 Å². The average Bonchev–Trinajstić information content (AvgIpc) is 2.62. The molecule has 1 amide bonds. The Bertz CT molecular complexity index is 584. The number of hydrogen-bond donors (Lipinski definition) is 0. The number of hydrogen-bond acceptors (Lipinski definition) is 4. The van der Waals surface area contributed by atoms with Crippen LogP contribution in [-0.2, 0) is 11.3 Å². The number of piperidine rings is 1. The summed E-state index contributed by atoms with van der Waals surface area (Å²) in [5, 5.41) is 17.6. The Morgan fingerprint density at radius 1 is 1.17 bits per heavy atom. The summed E-state index contributed by atoms with van der Waals surface area (Å²) >= 11 is 0. The molecule has 1 aromatic rings. The SMILES string of the molecule is N#CCCN(CCC#N)C(=O)[C@H]1CCCN(Cc2ccccc2)C1. The number of amides is 1. The van der Waals surface area contributed by atoms with E-state index in [2.05, 4.69) is 29.2 Å². The summed E-state index contributed by atoms with van der Waals surface area (Å²) in [6.07, 6.45) is 2.53. The molecule has 1 fully saturated rings. The number of nitriles is 2. The minimum absolute atomic E-state index is 0.0279. The lowest BCUT2D eigenvalue weighted by atomic mass is 9.95. The van der Waals surface area contributed by atoms with Crippen LogP contribution in [-0.4, -0.2) is 41.9 Å². The largest absolute Gasteiger partial charge is 0.340 e. The third-order valence-electron chi connectivity index (χ3n) is 4.40. The Labute approximate surface area is 144 Å². The molecular weight excluding hydrogens is 300 g/mol. The van der Waals surface area contributed by atoms with E-state index in [4.69, 9.17) is 10.5 Å². The first-order chi connectivity index (χ1) is 11.7. The quantitative estimate of drug-likeness (QED) is 0.773. The molecule has 1 aromatic carbocycles. The van der Waals surface area contributed by atoms with Crippen LogP contribution in [0.1, 0.15) is 31.2 Å². The molecule has 1 aliphatic heterocycles. The zero-order chi connectivity index (χ0) is 17.2. The van der Waals surface area contributed by atoms with E-state index < -0.39 is 0 Å². The molecule has 0 radical (unpaired) electrons. The van der Waals surface area contributed by atoms with Gasteiger partial charge in [-0.15, -0.1) is 0 Å². The monoisotopic (exact) mass is 324 g/mol. The van der Waals surface area contributed by atoms with Gasteiger partial charge in [0.2, 0.25) is 5.91 Å². The van der Waals surface area contributed by atoms with Crippen molar-refractivity contribution in [3.63, 3.8) is 0 Å². The van der Waals surface area contributed by atoms with Crippen molar-refractivity contribution < 1.29 is 4.79 Å². The molecule has 1 aliphatic rings. The molecule has 0 aromatic heterocycles. The van der Waals surface area contributed by atoms with Crippen molar-refractivity contribution in [1.82, 2.24) is 9.80 Å². The molecule has 5 nitrogen and oxygen atoms in total. The average molecular weight is 324 g/mol. The van der Waals surface area contributed by atoms with Gasteiger partial charge in [0.25, 0.3) is 0 Å². The molecule has 1 saturated heterocycles. The van der Waals surface area contributed by atoms with Crippen molar-refractivity contribution in [2.24, 2.45) is 5.92 Å². The van der Waals surface area contributed by atoms with Crippen LogP contribution < -0.4 is 0 Å². The fourth-order valence-corrected chi connectivity index (χ4v) is 3.20. The molecule has 5 heteroatoms. The minimum atomic E-state index is -0.0279. The van der Waals surface area contributed by atoms with Crippen LogP contribution in [0.3, 0.4) is 0 Å². The van der Waals surface area contributed by atoms with Crippen LogP contribution in [0.5, 0.6) is 0 Å². The topological polar surface area (TPSA) is 71.1 Å². The fraction of sp³-hybridized carbons (Fsp3) is 0.526.